The van der Waals surface area contributed by atoms with E-state index in [1.807, 2.05) is 31.5 Å². The molecule has 0 aliphatic carbocycles. The lowest BCUT2D eigenvalue weighted by molar-refractivity contribution is 0.152. The van der Waals surface area contributed by atoms with Crippen LogP contribution < -0.4 is 4.74 Å². The summed E-state index contributed by atoms with van der Waals surface area (Å²) in [6, 6.07) is 11.2. The fourth-order valence-corrected chi connectivity index (χ4v) is 3.27. The summed E-state index contributed by atoms with van der Waals surface area (Å²) in [5.74, 6) is 0.919. The first kappa shape index (κ1) is 16.0. The highest BCUT2D eigenvalue weighted by Gasteiger charge is 2.18. The summed E-state index contributed by atoms with van der Waals surface area (Å²) in [5.41, 5.74) is 3.66. The number of nitrogens with zero attached hydrogens (tertiary/aromatic N) is 2. The van der Waals surface area contributed by atoms with E-state index in [2.05, 4.69) is 35.0 Å². The normalized spacial score (nSPS) is 18.8. The van der Waals surface area contributed by atoms with E-state index in [1.165, 1.54) is 42.5 Å². The van der Waals surface area contributed by atoms with Crippen LogP contribution in [0.25, 0.3) is 11.1 Å². The van der Waals surface area contributed by atoms with Crippen molar-refractivity contribution in [2.45, 2.75) is 45.7 Å². The Balaban J connectivity index is 1.74. The molecule has 1 aliphatic heterocycles. The van der Waals surface area contributed by atoms with E-state index < -0.39 is 0 Å². The van der Waals surface area contributed by atoms with Crippen molar-refractivity contribution in [2.24, 2.45) is 0 Å². The number of likely N-dealkylation sites (tertiary alicyclic amines) is 1. The molecule has 1 atom stereocenters. The highest BCUT2D eigenvalue weighted by atomic mass is 16.5. The maximum atomic E-state index is 5.51. The minimum Gasteiger partial charge on any atom is -0.494 e. The minimum absolute atomic E-state index is 0.679. The van der Waals surface area contributed by atoms with Crippen molar-refractivity contribution >= 4 is 0 Å². The van der Waals surface area contributed by atoms with Crippen molar-refractivity contribution in [1.82, 2.24) is 9.88 Å². The molecule has 1 aromatic heterocycles. The predicted molar refractivity (Wildman–Crippen MR) is 94.6 cm³/mol. The third-order valence-electron chi connectivity index (χ3n) is 4.62. The van der Waals surface area contributed by atoms with Crippen LogP contribution in [-0.4, -0.2) is 29.1 Å². The van der Waals surface area contributed by atoms with Crippen LogP contribution >= 0.6 is 0 Å². The van der Waals surface area contributed by atoms with Crippen LogP contribution in [0.2, 0.25) is 0 Å². The van der Waals surface area contributed by atoms with Crippen molar-refractivity contribution in [2.75, 3.05) is 13.2 Å². The van der Waals surface area contributed by atoms with Crippen LogP contribution in [0.1, 0.15) is 38.7 Å². The molecule has 23 heavy (non-hydrogen) atoms. The van der Waals surface area contributed by atoms with E-state index in [1.54, 1.807) is 0 Å². The van der Waals surface area contributed by atoms with Crippen LogP contribution in [0.15, 0.2) is 42.7 Å². The molecule has 2 aromatic rings. The van der Waals surface area contributed by atoms with E-state index in [0.717, 1.165) is 12.3 Å². The van der Waals surface area contributed by atoms with Gasteiger partial charge in [-0.3, -0.25) is 9.88 Å². The minimum atomic E-state index is 0.679. The maximum Gasteiger partial charge on any atom is 0.119 e. The monoisotopic (exact) mass is 310 g/mol. The van der Waals surface area contributed by atoms with Gasteiger partial charge in [-0.25, -0.2) is 0 Å². The quantitative estimate of drug-likeness (QED) is 0.812. The molecule has 0 saturated carbocycles. The van der Waals surface area contributed by atoms with Crippen LogP contribution in [0.3, 0.4) is 0 Å². The topological polar surface area (TPSA) is 25.4 Å². The van der Waals surface area contributed by atoms with E-state index in [4.69, 9.17) is 4.74 Å². The summed E-state index contributed by atoms with van der Waals surface area (Å²) in [7, 11) is 0. The molecule has 0 unspecified atom stereocenters. The number of aromatic nitrogens is 1. The summed E-state index contributed by atoms with van der Waals surface area (Å²) in [4.78, 5) is 7.02. The fourth-order valence-electron chi connectivity index (χ4n) is 3.27. The summed E-state index contributed by atoms with van der Waals surface area (Å²) in [5, 5.41) is 0. The largest absolute Gasteiger partial charge is 0.494 e. The number of hydrogen-bond acceptors (Lipinski definition) is 3. The van der Waals surface area contributed by atoms with Gasteiger partial charge in [0.05, 0.1) is 6.61 Å². The van der Waals surface area contributed by atoms with Crippen LogP contribution in [0.5, 0.6) is 5.75 Å². The maximum absolute atomic E-state index is 5.51. The Hall–Kier alpha value is -1.87. The molecule has 2 heterocycles. The highest BCUT2D eigenvalue weighted by Crippen LogP contribution is 2.24. The molecule has 0 radical (unpaired) electrons. The van der Waals surface area contributed by atoms with Gasteiger partial charge in [0.1, 0.15) is 5.75 Å². The molecule has 0 bridgehead atoms. The lowest BCUT2D eigenvalue weighted by atomic mass is 10.0. The standard InChI is InChI=1S/C20H26N2O/c1-3-23-20-9-7-18(8-10-20)19-12-17(13-21-14-19)15-22-11-5-4-6-16(22)2/h7-10,12-14,16H,3-6,11,15H2,1-2H3/t16-/m1/s1. The van der Waals surface area contributed by atoms with Crippen molar-refractivity contribution in [3.63, 3.8) is 0 Å². The first-order valence-corrected chi connectivity index (χ1v) is 8.67. The Bertz CT molecular complexity index is 624. The molecule has 3 nitrogen and oxygen atoms in total. The second-order valence-electron chi connectivity index (χ2n) is 6.35. The van der Waals surface area contributed by atoms with Gasteiger partial charge in [0.15, 0.2) is 0 Å². The number of rotatable bonds is 5. The second kappa shape index (κ2) is 7.60. The number of benzene rings is 1. The van der Waals surface area contributed by atoms with Gasteiger partial charge in [-0.1, -0.05) is 18.6 Å². The van der Waals surface area contributed by atoms with Gasteiger partial charge >= 0.3 is 0 Å². The molecule has 122 valence electrons. The third kappa shape index (κ3) is 4.11. The number of hydrogen-bond donors (Lipinski definition) is 0. The molecule has 1 saturated heterocycles. The SMILES string of the molecule is CCOc1ccc(-c2cncc(CN3CCCC[C@H]3C)c2)cc1. The average molecular weight is 310 g/mol. The molecule has 1 aliphatic rings. The number of pyridine rings is 1. The van der Waals surface area contributed by atoms with Crippen LogP contribution in [-0.2, 0) is 6.54 Å². The van der Waals surface area contributed by atoms with E-state index >= 15 is 0 Å². The Labute approximate surface area is 139 Å². The van der Waals surface area contributed by atoms with Gasteiger partial charge in [0.2, 0.25) is 0 Å². The Kier molecular flexibility index (Phi) is 5.29. The van der Waals surface area contributed by atoms with Gasteiger partial charge in [-0.05, 0) is 62.6 Å². The van der Waals surface area contributed by atoms with Crippen molar-refractivity contribution in [3.8, 4) is 16.9 Å². The van der Waals surface area contributed by atoms with E-state index in [-0.39, 0.29) is 0 Å². The Morgan fingerprint density at radius 3 is 2.70 bits per heavy atom. The zero-order valence-corrected chi connectivity index (χ0v) is 14.2. The zero-order chi connectivity index (χ0) is 16.1. The van der Waals surface area contributed by atoms with Gasteiger partial charge in [0, 0.05) is 30.5 Å². The predicted octanol–water partition coefficient (Wildman–Crippen LogP) is 4.52. The van der Waals surface area contributed by atoms with Crippen molar-refractivity contribution in [3.05, 3.63) is 48.3 Å². The zero-order valence-electron chi connectivity index (χ0n) is 14.2. The average Bonchev–Trinajstić information content (AvgIpc) is 2.58. The summed E-state index contributed by atoms with van der Waals surface area (Å²) >= 11 is 0. The molecular weight excluding hydrogens is 284 g/mol. The first-order valence-electron chi connectivity index (χ1n) is 8.67. The lowest BCUT2D eigenvalue weighted by Gasteiger charge is -2.33. The summed E-state index contributed by atoms with van der Waals surface area (Å²) in [6.45, 7) is 7.24. The van der Waals surface area contributed by atoms with Crippen LogP contribution in [0.4, 0.5) is 0 Å². The van der Waals surface area contributed by atoms with Crippen molar-refractivity contribution in [1.29, 1.82) is 0 Å². The third-order valence-corrected chi connectivity index (χ3v) is 4.62. The molecule has 3 rings (SSSR count). The van der Waals surface area contributed by atoms with E-state index in [9.17, 15) is 0 Å². The molecule has 3 heteroatoms. The van der Waals surface area contributed by atoms with Gasteiger partial charge in [-0.15, -0.1) is 0 Å². The smallest absolute Gasteiger partial charge is 0.119 e. The molecule has 0 N–H and O–H groups in total. The second-order valence-corrected chi connectivity index (χ2v) is 6.35. The van der Waals surface area contributed by atoms with Gasteiger partial charge < -0.3 is 4.74 Å². The Morgan fingerprint density at radius 2 is 1.96 bits per heavy atom. The van der Waals surface area contributed by atoms with Gasteiger partial charge in [-0.2, -0.15) is 0 Å². The van der Waals surface area contributed by atoms with Gasteiger partial charge in [0.25, 0.3) is 0 Å². The molecular formula is C20H26N2O. The molecule has 0 amide bonds. The fraction of sp³-hybridized carbons (Fsp3) is 0.450. The molecule has 1 fully saturated rings. The summed E-state index contributed by atoms with van der Waals surface area (Å²) < 4.78 is 5.51. The number of ether oxygens (including phenoxy) is 1. The lowest BCUT2D eigenvalue weighted by Crippen LogP contribution is -2.36. The van der Waals surface area contributed by atoms with Crippen LogP contribution in [0, 0.1) is 0 Å². The molecule has 1 aromatic carbocycles. The van der Waals surface area contributed by atoms with Crippen molar-refractivity contribution < 1.29 is 4.74 Å². The number of piperidine rings is 1. The molecule has 0 spiro atoms. The van der Waals surface area contributed by atoms with E-state index in [0.29, 0.717) is 12.6 Å². The first-order chi connectivity index (χ1) is 11.3. The summed E-state index contributed by atoms with van der Waals surface area (Å²) in [6.07, 6.45) is 7.93. The Morgan fingerprint density at radius 1 is 1.13 bits per heavy atom. The highest BCUT2D eigenvalue weighted by molar-refractivity contribution is 5.63.